The molecule has 0 aliphatic rings. The smallest absolute Gasteiger partial charge is 0.119 e. The molecule has 102 valence electrons. The average Bonchev–Trinajstić information content (AvgIpc) is 2.33. The van der Waals surface area contributed by atoms with E-state index in [0.717, 1.165) is 36.3 Å². The van der Waals surface area contributed by atoms with Crippen molar-refractivity contribution < 1.29 is 4.74 Å². The molecule has 0 saturated heterocycles. The van der Waals surface area contributed by atoms with E-state index in [1.807, 2.05) is 6.07 Å². The Balaban J connectivity index is 2.52. The second kappa shape index (κ2) is 8.54. The molecule has 18 heavy (non-hydrogen) atoms. The predicted molar refractivity (Wildman–Crippen MR) is 81.1 cm³/mol. The summed E-state index contributed by atoms with van der Waals surface area (Å²) in [6.07, 6.45) is 2.27. The number of hydrogen-bond acceptors (Lipinski definition) is 2. The molecule has 0 unspecified atom stereocenters. The van der Waals surface area contributed by atoms with Gasteiger partial charge < -0.3 is 10.1 Å². The third-order valence-electron chi connectivity index (χ3n) is 2.65. The van der Waals surface area contributed by atoms with Crippen molar-refractivity contribution in [3.05, 3.63) is 28.2 Å². The molecule has 1 rings (SSSR count). The molecular formula is C15H24BrNO. The van der Waals surface area contributed by atoms with Crippen LogP contribution in [0.1, 0.15) is 39.2 Å². The molecule has 0 heterocycles. The molecular weight excluding hydrogens is 290 g/mol. The van der Waals surface area contributed by atoms with Crippen molar-refractivity contribution in [2.75, 3.05) is 13.2 Å². The highest BCUT2D eigenvalue weighted by atomic mass is 79.9. The molecule has 0 bridgehead atoms. The van der Waals surface area contributed by atoms with Crippen LogP contribution in [0.5, 0.6) is 5.75 Å². The van der Waals surface area contributed by atoms with Crippen molar-refractivity contribution >= 4 is 15.9 Å². The number of benzene rings is 1. The van der Waals surface area contributed by atoms with Gasteiger partial charge in [0, 0.05) is 11.0 Å². The maximum atomic E-state index is 5.72. The largest absolute Gasteiger partial charge is 0.494 e. The minimum Gasteiger partial charge on any atom is -0.494 e. The summed E-state index contributed by atoms with van der Waals surface area (Å²) < 4.78 is 6.86. The van der Waals surface area contributed by atoms with Gasteiger partial charge >= 0.3 is 0 Å². The topological polar surface area (TPSA) is 21.3 Å². The number of ether oxygens (including phenoxy) is 1. The standard InChI is InChI=1S/C15H24BrNO/c1-4-5-8-18-14-6-7-15(16)13(9-14)11-17-10-12(2)3/h6-7,9,12,17H,4-5,8,10-11H2,1-3H3. The van der Waals surface area contributed by atoms with Crippen LogP contribution in [0.15, 0.2) is 22.7 Å². The summed E-state index contributed by atoms with van der Waals surface area (Å²) in [5.74, 6) is 1.64. The molecule has 0 amide bonds. The van der Waals surface area contributed by atoms with Gasteiger partial charge in [-0.3, -0.25) is 0 Å². The normalized spacial score (nSPS) is 10.9. The molecule has 0 aliphatic heterocycles. The van der Waals surface area contributed by atoms with E-state index < -0.39 is 0 Å². The Bertz CT molecular complexity index is 352. The lowest BCUT2D eigenvalue weighted by Crippen LogP contribution is -2.19. The molecule has 0 spiro atoms. The van der Waals surface area contributed by atoms with E-state index in [1.165, 1.54) is 12.0 Å². The van der Waals surface area contributed by atoms with Crippen LogP contribution in [0.2, 0.25) is 0 Å². The van der Waals surface area contributed by atoms with Crippen molar-refractivity contribution in [3.8, 4) is 5.75 Å². The van der Waals surface area contributed by atoms with Crippen molar-refractivity contribution in [3.63, 3.8) is 0 Å². The molecule has 0 saturated carbocycles. The van der Waals surface area contributed by atoms with Gasteiger partial charge in [-0.1, -0.05) is 43.1 Å². The Morgan fingerprint density at radius 3 is 2.78 bits per heavy atom. The first-order valence-electron chi connectivity index (χ1n) is 6.75. The van der Waals surface area contributed by atoms with E-state index in [2.05, 4.69) is 54.2 Å². The van der Waals surface area contributed by atoms with E-state index in [-0.39, 0.29) is 0 Å². The molecule has 3 heteroatoms. The molecule has 0 aromatic heterocycles. The minimum atomic E-state index is 0.674. The SMILES string of the molecule is CCCCOc1ccc(Br)c(CNCC(C)C)c1. The first-order valence-corrected chi connectivity index (χ1v) is 7.54. The second-order valence-electron chi connectivity index (χ2n) is 4.98. The van der Waals surface area contributed by atoms with Gasteiger partial charge in [0.15, 0.2) is 0 Å². The van der Waals surface area contributed by atoms with Crippen LogP contribution >= 0.6 is 15.9 Å². The summed E-state index contributed by atoms with van der Waals surface area (Å²) in [6.45, 7) is 9.32. The van der Waals surface area contributed by atoms with Crippen molar-refractivity contribution in [1.82, 2.24) is 5.32 Å². The van der Waals surface area contributed by atoms with Gasteiger partial charge in [0.2, 0.25) is 0 Å². The zero-order valence-electron chi connectivity index (χ0n) is 11.6. The predicted octanol–water partition coefficient (Wildman–Crippen LogP) is 4.37. The summed E-state index contributed by atoms with van der Waals surface area (Å²) in [6, 6.07) is 6.20. The highest BCUT2D eigenvalue weighted by Crippen LogP contribution is 2.22. The Hall–Kier alpha value is -0.540. The maximum absolute atomic E-state index is 5.72. The zero-order valence-corrected chi connectivity index (χ0v) is 13.2. The van der Waals surface area contributed by atoms with Crippen LogP contribution in [0.4, 0.5) is 0 Å². The number of halogens is 1. The summed E-state index contributed by atoms with van der Waals surface area (Å²) in [7, 11) is 0. The fraction of sp³-hybridized carbons (Fsp3) is 0.600. The lowest BCUT2D eigenvalue weighted by Gasteiger charge is -2.11. The highest BCUT2D eigenvalue weighted by molar-refractivity contribution is 9.10. The number of rotatable bonds is 8. The fourth-order valence-electron chi connectivity index (χ4n) is 1.61. The highest BCUT2D eigenvalue weighted by Gasteiger charge is 2.03. The second-order valence-corrected chi connectivity index (χ2v) is 5.83. The number of nitrogens with one attached hydrogen (secondary N) is 1. The summed E-state index contributed by atoms with van der Waals surface area (Å²) in [4.78, 5) is 0. The van der Waals surface area contributed by atoms with E-state index in [9.17, 15) is 0 Å². The first kappa shape index (κ1) is 15.5. The third-order valence-corrected chi connectivity index (χ3v) is 3.43. The Morgan fingerprint density at radius 1 is 1.33 bits per heavy atom. The molecule has 0 radical (unpaired) electrons. The number of unbranched alkanes of at least 4 members (excludes halogenated alkanes) is 1. The van der Waals surface area contributed by atoms with Crippen molar-refractivity contribution in [2.45, 2.75) is 40.2 Å². The van der Waals surface area contributed by atoms with Crippen LogP contribution in [0.3, 0.4) is 0 Å². The van der Waals surface area contributed by atoms with Gasteiger partial charge in [-0.15, -0.1) is 0 Å². The first-order chi connectivity index (χ1) is 8.63. The van der Waals surface area contributed by atoms with Crippen molar-refractivity contribution in [2.24, 2.45) is 5.92 Å². The summed E-state index contributed by atoms with van der Waals surface area (Å²) in [5.41, 5.74) is 1.25. The van der Waals surface area contributed by atoms with E-state index >= 15 is 0 Å². The summed E-state index contributed by atoms with van der Waals surface area (Å²) >= 11 is 3.58. The van der Waals surface area contributed by atoms with Crippen molar-refractivity contribution in [1.29, 1.82) is 0 Å². The quantitative estimate of drug-likeness (QED) is 0.719. The van der Waals surface area contributed by atoms with Crippen LogP contribution in [-0.4, -0.2) is 13.2 Å². The lowest BCUT2D eigenvalue weighted by atomic mass is 10.2. The monoisotopic (exact) mass is 313 g/mol. The molecule has 0 fully saturated rings. The van der Waals surface area contributed by atoms with Crippen LogP contribution in [0.25, 0.3) is 0 Å². The van der Waals surface area contributed by atoms with E-state index in [1.54, 1.807) is 0 Å². The lowest BCUT2D eigenvalue weighted by molar-refractivity contribution is 0.309. The van der Waals surface area contributed by atoms with Crippen LogP contribution < -0.4 is 10.1 Å². The molecule has 0 atom stereocenters. The number of hydrogen-bond donors (Lipinski definition) is 1. The van der Waals surface area contributed by atoms with Crippen LogP contribution in [-0.2, 0) is 6.54 Å². The molecule has 2 nitrogen and oxygen atoms in total. The maximum Gasteiger partial charge on any atom is 0.119 e. The van der Waals surface area contributed by atoms with Gasteiger partial charge in [0.25, 0.3) is 0 Å². The minimum absolute atomic E-state index is 0.674. The molecule has 1 aromatic carbocycles. The third kappa shape index (κ3) is 5.87. The van der Waals surface area contributed by atoms with Gasteiger partial charge in [-0.2, -0.15) is 0 Å². The van der Waals surface area contributed by atoms with Gasteiger partial charge in [0.05, 0.1) is 6.61 Å². The van der Waals surface area contributed by atoms with E-state index in [4.69, 9.17) is 4.74 Å². The van der Waals surface area contributed by atoms with Gasteiger partial charge in [-0.05, 0) is 42.6 Å². The zero-order chi connectivity index (χ0) is 13.4. The molecule has 1 aromatic rings. The summed E-state index contributed by atoms with van der Waals surface area (Å²) in [5, 5.41) is 3.45. The van der Waals surface area contributed by atoms with Crippen LogP contribution in [0, 0.1) is 5.92 Å². The Kier molecular flexibility index (Phi) is 7.36. The average molecular weight is 314 g/mol. The Morgan fingerprint density at radius 2 is 2.11 bits per heavy atom. The Labute approximate surface area is 119 Å². The molecule has 0 aliphatic carbocycles. The van der Waals surface area contributed by atoms with Gasteiger partial charge in [-0.25, -0.2) is 0 Å². The van der Waals surface area contributed by atoms with E-state index in [0.29, 0.717) is 5.92 Å². The van der Waals surface area contributed by atoms with Gasteiger partial charge in [0.1, 0.15) is 5.75 Å². The molecule has 1 N–H and O–H groups in total. The fourth-order valence-corrected chi connectivity index (χ4v) is 1.99.